The predicted molar refractivity (Wildman–Crippen MR) is 78.0 cm³/mol. The second-order valence-corrected chi connectivity index (χ2v) is 5.86. The van der Waals surface area contributed by atoms with E-state index in [1.165, 1.54) is 30.7 Å². The number of carbonyl (C=O) groups is 1. The predicted octanol–water partition coefficient (Wildman–Crippen LogP) is 2.65. The van der Waals surface area contributed by atoms with Crippen LogP contribution in [0.2, 0.25) is 0 Å². The van der Waals surface area contributed by atoms with Gasteiger partial charge in [0.1, 0.15) is 22.9 Å². The van der Waals surface area contributed by atoms with Crippen LogP contribution in [0, 0.1) is 5.82 Å². The van der Waals surface area contributed by atoms with E-state index in [0.717, 1.165) is 5.56 Å². The van der Waals surface area contributed by atoms with Gasteiger partial charge in [0.2, 0.25) is 0 Å². The largest absolute Gasteiger partial charge is 0.487 e. The minimum Gasteiger partial charge on any atom is -0.487 e. The third kappa shape index (κ3) is 2.90. The standard InChI is InChI=1S/C16H16FN3O2/c1-16(2)8-12(11-4-3-10(17)7-14(11)22-16)20-15(21)13-9-18-5-6-19-13/h3-7,9,12H,8H2,1-2H3,(H,20,21)/t12-/m1/s1. The average molecular weight is 301 g/mol. The molecule has 114 valence electrons. The highest BCUT2D eigenvalue weighted by atomic mass is 19.1. The Labute approximate surface area is 127 Å². The lowest BCUT2D eigenvalue weighted by Crippen LogP contribution is -2.41. The van der Waals surface area contributed by atoms with Gasteiger partial charge >= 0.3 is 0 Å². The third-order valence-electron chi connectivity index (χ3n) is 3.53. The highest BCUT2D eigenvalue weighted by molar-refractivity contribution is 5.92. The third-order valence-corrected chi connectivity index (χ3v) is 3.53. The van der Waals surface area contributed by atoms with Gasteiger partial charge < -0.3 is 10.1 Å². The number of halogens is 1. The van der Waals surface area contributed by atoms with Gasteiger partial charge in [-0.3, -0.25) is 9.78 Å². The molecule has 2 aromatic rings. The number of nitrogens with zero attached hydrogens (tertiary/aromatic N) is 2. The molecule has 0 aliphatic carbocycles. The number of rotatable bonds is 2. The number of ether oxygens (including phenoxy) is 1. The summed E-state index contributed by atoms with van der Waals surface area (Å²) in [6.45, 7) is 3.81. The van der Waals surface area contributed by atoms with Crippen LogP contribution in [-0.4, -0.2) is 21.5 Å². The topological polar surface area (TPSA) is 64.1 Å². The summed E-state index contributed by atoms with van der Waals surface area (Å²) in [6, 6.07) is 4.08. The van der Waals surface area contributed by atoms with Gasteiger partial charge in [0, 0.05) is 30.4 Å². The van der Waals surface area contributed by atoms with E-state index >= 15 is 0 Å². The summed E-state index contributed by atoms with van der Waals surface area (Å²) in [5.74, 6) is -0.220. The second kappa shape index (κ2) is 5.36. The normalized spacial score (nSPS) is 19.0. The summed E-state index contributed by atoms with van der Waals surface area (Å²) < 4.78 is 19.2. The number of nitrogens with one attached hydrogen (secondary N) is 1. The molecule has 0 saturated heterocycles. The van der Waals surface area contributed by atoms with Crippen LogP contribution in [0.3, 0.4) is 0 Å². The molecule has 1 aliphatic heterocycles. The molecule has 22 heavy (non-hydrogen) atoms. The van der Waals surface area contributed by atoms with E-state index in [1.54, 1.807) is 6.07 Å². The van der Waals surface area contributed by atoms with Gasteiger partial charge in [0.05, 0.1) is 12.2 Å². The molecular weight excluding hydrogens is 285 g/mol. The number of benzene rings is 1. The fraction of sp³-hybridized carbons (Fsp3) is 0.312. The van der Waals surface area contributed by atoms with Crippen molar-refractivity contribution in [2.45, 2.75) is 31.9 Å². The van der Waals surface area contributed by atoms with Crippen molar-refractivity contribution in [3.63, 3.8) is 0 Å². The maximum absolute atomic E-state index is 13.4. The van der Waals surface area contributed by atoms with E-state index in [4.69, 9.17) is 4.74 Å². The lowest BCUT2D eigenvalue weighted by atomic mass is 9.89. The first-order valence-corrected chi connectivity index (χ1v) is 7.00. The Morgan fingerprint density at radius 3 is 2.95 bits per heavy atom. The fourth-order valence-electron chi connectivity index (χ4n) is 2.60. The first-order valence-electron chi connectivity index (χ1n) is 7.00. The average Bonchev–Trinajstić information content (AvgIpc) is 2.46. The van der Waals surface area contributed by atoms with E-state index in [9.17, 15) is 9.18 Å². The zero-order chi connectivity index (χ0) is 15.7. The van der Waals surface area contributed by atoms with Crippen molar-refractivity contribution < 1.29 is 13.9 Å². The SMILES string of the molecule is CC1(C)C[C@@H](NC(=O)c2cnccn2)c2ccc(F)cc2O1. The molecule has 1 N–H and O–H groups in total. The molecule has 1 aromatic carbocycles. The molecule has 0 radical (unpaired) electrons. The molecule has 0 unspecified atom stereocenters. The molecule has 1 aliphatic rings. The Bertz CT molecular complexity index is 704. The van der Waals surface area contributed by atoms with E-state index < -0.39 is 5.60 Å². The van der Waals surface area contributed by atoms with Crippen LogP contribution in [0.25, 0.3) is 0 Å². The molecule has 2 heterocycles. The molecule has 0 spiro atoms. The van der Waals surface area contributed by atoms with Crippen molar-refractivity contribution >= 4 is 5.91 Å². The van der Waals surface area contributed by atoms with Gasteiger partial charge in [-0.25, -0.2) is 9.37 Å². The van der Waals surface area contributed by atoms with Crippen LogP contribution in [0.1, 0.15) is 42.4 Å². The zero-order valence-corrected chi connectivity index (χ0v) is 12.3. The summed E-state index contributed by atoms with van der Waals surface area (Å²) in [7, 11) is 0. The number of aromatic nitrogens is 2. The van der Waals surface area contributed by atoms with Crippen molar-refractivity contribution in [3.8, 4) is 5.75 Å². The van der Waals surface area contributed by atoms with Crippen LogP contribution in [0.4, 0.5) is 4.39 Å². The van der Waals surface area contributed by atoms with Crippen LogP contribution in [0.5, 0.6) is 5.75 Å². The Kier molecular flexibility index (Phi) is 3.52. The highest BCUT2D eigenvalue weighted by Gasteiger charge is 2.35. The van der Waals surface area contributed by atoms with E-state index in [0.29, 0.717) is 12.2 Å². The molecule has 0 saturated carbocycles. The second-order valence-electron chi connectivity index (χ2n) is 5.86. The molecule has 3 rings (SSSR count). The number of amides is 1. The van der Waals surface area contributed by atoms with Gasteiger partial charge in [-0.2, -0.15) is 0 Å². The lowest BCUT2D eigenvalue weighted by Gasteiger charge is -2.37. The van der Waals surface area contributed by atoms with Crippen LogP contribution in [0.15, 0.2) is 36.8 Å². The van der Waals surface area contributed by atoms with Crippen molar-refractivity contribution in [2.75, 3.05) is 0 Å². The molecule has 0 bridgehead atoms. The van der Waals surface area contributed by atoms with Crippen molar-refractivity contribution in [1.29, 1.82) is 0 Å². The van der Waals surface area contributed by atoms with E-state index in [2.05, 4.69) is 15.3 Å². The minimum absolute atomic E-state index is 0.246. The van der Waals surface area contributed by atoms with Gasteiger partial charge in [0.25, 0.3) is 5.91 Å². The molecular formula is C16H16FN3O2. The molecule has 1 atom stereocenters. The maximum Gasteiger partial charge on any atom is 0.271 e. The van der Waals surface area contributed by atoms with Crippen LogP contribution in [-0.2, 0) is 0 Å². The fourth-order valence-corrected chi connectivity index (χ4v) is 2.60. The van der Waals surface area contributed by atoms with Gasteiger partial charge in [-0.15, -0.1) is 0 Å². The Hall–Kier alpha value is -2.50. The lowest BCUT2D eigenvalue weighted by molar-refractivity contribution is 0.0614. The Morgan fingerprint density at radius 2 is 2.23 bits per heavy atom. The number of carbonyl (C=O) groups excluding carboxylic acids is 1. The van der Waals surface area contributed by atoms with Crippen molar-refractivity contribution in [3.05, 3.63) is 53.9 Å². The van der Waals surface area contributed by atoms with Crippen molar-refractivity contribution in [1.82, 2.24) is 15.3 Å². The Morgan fingerprint density at radius 1 is 1.41 bits per heavy atom. The first kappa shape index (κ1) is 14.4. The van der Waals surface area contributed by atoms with Crippen LogP contribution >= 0.6 is 0 Å². The Balaban J connectivity index is 1.89. The maximum atomic E-state index is 13.4. The van der Waals surface area contributed by atoms with Gasteiger partial charge in [0.15, 0.2) is 0 Å². The monoisotopic (exact) mass is 301 g/mol. The van der Waals surface area contributed by atoms with Crippen LogP contribution < -0.4 is 10.1 Å². The summed E-state index contributed by atoms with van der Waals surface area (Å²) in [4.78, 5) is 20.1. The smallest absolute Gasteiger partial charge is 0.271 e. The molecule has 1 amide bonds. The molecule has 0 fully saturated rings. The van der Waals surface area contributed by atoms with Crippen molar-refractivity contribution in [2.24, 2.45) is 0 Å². The summed E-state index contributed by atoms with van der Waals surface area (Å²) >= 11 is 0. The molecule has 6 heteroatoms. The van der Waals surface area contributed by atoms with Gasteiger partial charge in [-0.1, -0.05) is 6.07 Å². The van der Waals surface area contributed by atoms with Gasteiger partial charge in [-0.05, 0) is 19.9 Å². The van der Waals surface area contributed by atoms with E-state index in [-0.39, 0.29) is 23.5 Å². The summed E-state index contributed by atoms with van der Waals surface area (Å²) in [5, 5.41) is 2.92. The molecule has 5 nitrogen and oxygen atoms in total. The summed E-state index contributed by atoms with van der Waals surface area (Å²) in [6.07, 6.45) is 4.96. The van der Waals surface area contributed by atoms with E-state index in [1.807, 2.05) is 13.8 Å². The number of hydrogen-bond acceptors (Lipinski definition) is 4. The highest BCUT2D eigenvalue weighted by Crippen LogP contribution is 2.39. The minimum atomic E-state index is -0.499. The quantitative estimate of drug-likeness (QED) is 0.926. The summed E-state index contributed by atoms with van der Waals surface area (Å²) in [5.41, 5.74) is 0.509. The number of fused-ring (bicyclic) bond motifs is 1. The molecule has 1 aromatic heterocycles. The zero-order valence-electron chi connectivity index (χ0n) is 12.3. The first-order chi connectivity index (χ1) is 10.4. The number of hydrogen-bond donors (Lipinski definition) is 1.